The molecule has 0 bridgehead atoms. The zero-order valence-corrected chi connectivity index (χ0v) is 20.1. The van der Waals surface area contributed by atoms with E-state index >= 15 is 0 Å². The number of hydrogen-bond donors (Lipinski definition) is 1. The quantitative estimate of drug-likeness (QED) is 0.253. The topological polar surface area (TPSA) is 56.2 Å². The molecule has 1 aromatic heterocycles. The fraction of sp³-hybridized carbons (Fsp3) is 0.259. The van der Waals surface area contributed by atoms with Crippen LogP contribution in [0.25, 0.3) is 11.0 Å². The first-order chi connectivity index (χ1) is 16.2. The Bertz CT molecular complexity index is 1170. The number of fused-ring (bicyclic) bond motifs is 1. The van der Waals surface area contributed by atoms with Crippen molar-refractivity contribution in [2.45, 2.75) is 32.2 Å². The molecule has 3 aromatic carbocycles. The second kappa shape index (κ2) is 11.7. The number of unbranched alkanes of at least 4 members (excludes halogenated alkanes) is 2. The summed E-state index contributed by atoms with van der Waals surface area (Å²) in [5, 5.41) is 3.00. The molecule has 0 aliphatic carbocycles. The van der Waals surface area contributed by atoms with Gasteiger partial charge in [0.2, 0.25) is 0 Å². The highest BCUT2D eigenvalue weighted by Crippen LogP contribution is 2.18. The lowest BCUT2D eigenvalue weighted by Gasteiger charge is -2.11. The predicted molar refractivity (Wildman–Crippen MR) is 136 cm³/mol. The summed E-state index contributed by atoms with van der Waals surface area (Å²) in [4.78, 5) is 17.1. The Kier molecular flexibility index (Phi) is 8.14. The Morgan fingerprint density at radius 2 is 1.67 bits per heavy atom. The number of carbonyl (C=O) groups excluding carboxylic acids is 1. The smallest absolute Gasteiger partial charge is 0.251 e. The second-order valence-electron chi connectivity index (χ2n) is 7.90. The van der Waals surface area contributed by atoms with Crippen LogP contribution in [0.3, 0.4) is 0 Å². The molecule has 0 aliphatic heterocycles. The van der Waals surface area contributed by atoms with Gasteiger partial charge in [0.05, 0.1) is 17.6 Å². The molecule has 0 spiro atoms. The molecule has 1 heterocycles. The number of ether oxygens (including phenoxy) is 1. The number of imidazole rings is 1. The van der Waals surface area contributed by atoms with Gasteiger partial charge in [0.25, 0.3) is 5.91 Å². The number of halogens is 1. The fourth-order valence-electron chi connectivity index (χ4n) is 3.83. The van der Waals surface area contributed by atoms with Gasteiger partial charge in [-0.3, -0.25) is 4.79 Å². The minimum absolute atomic E-state index is 0.0253. The summed E-state index contributed by atoms with van der Waals surface area (Å²) < 4.78 is 9.16. The summed E-state index contributed by atoms with van der Waals surface area (Å²) in [7, 11) is 0. The number of nitrogens with zero attached hydrogens (tertiary/aromatic N) is 2. The Hall–Kier alpha value is -3.12. The first kappa shape index (κ1) is 23.1. The molecule has 4 aromatic rings. The Morgan fingerprint density at radius 3 is 2.48 bits per heavy atom. The molecular weight excluding hydrogens is 478 g/mol. The van der Waals surface area contributed by atoms with E-state index in [1.165, 1.54) is 0 Å². The Balaban J connectivity index is 1.26. The number of rotatable bonds is 11. The van der Waals surface area contributed by atoms with Crippen LogP contribution in [0.1, 0.15) is 35.4 Å². The SMILES string of the molecule is O=C(NCCCCCc1nc2ccccc2n1CCOc1ccccc1)c1ccc(Br)cc1. The van der Waals surface area contributed by atoms with Crippen LogP contribution >= 0.6 is 15.9 Å². The van der Waals surface area contributed by atoms with Crippen molar-refractivity contribution < 1.29 is 9.53 Å². The van der Waals surface area contributed by atoms with E-state index in [1.807, 2.05) is 60.7 Å². The van der Waals surface area contributed by atoms with Crippen LogP contribution in [-0.2, 0) is 13.0 Å². The summed E-state index contributed by atoms with van der Waals surface area (Å²) >= 11 is 3.39. The fourth-order valence-corrected chi connectivity index (χ4v) is 4.09. The standard InChI is InChI=1S/C27H28BrN3O2/c28-22-16-14-21(15-17-22)27(32)29-18-8-2-5-13-26-30-24-11-6-7-12-25(24)31(26)19-20-33-23-9-3-1-4-10-23/h1,3-4,6-7,9-12,14-17H,2,5,8,13,18-20H2,(H,29,32). The van der Waals surface area contributed by atoms with Gasteiger partial charge < -0.3 is 14.6 Å². The lowest BCUT2D eigenvalue weighted by molar-refractivity contribution is 0.0953. The van der Waals surface area contributed by atoms with Crippen molar-refractivity contribution in [3.05, 3.63) is 94.7 Å². The molecule has 1 amide bonds. The number of nitrogens with one attached hydrogen (secondary N) is 1. The van der Waals surface area contributed by atoms with Gasteiger partial charge in [-0.1, -0.05) is 52.7 Å². The third-order valence-electron chi connectivity index (χ3n) is 5.53. The Labute approximate surface area is 202 Å². The maximum Gasteiger partial charge on any atom is 0.251 e. The molecule has 0 saturated carbocycles. The molecule has 0 saturated heterocycles. The van der Waals surface area contributed by atoms with E-state index in [-0.39, 0.29) is 5.91 Å². The first-order valence-electron chi connectivity index (χ1n) is 11.4. The van der Waals surface area contributed by atoms with Crippen LogP contribution in [0, 0.1) is 0 Å². The van der Waals surface area contributed by atoms with Crippen LogP contribution in [0.15, 0.2) is 83.3 Å². The maximum atomic E-state index is 12.2. The Morgan fingerprint density at radius 1 is 0.909 bits per heavy atom. The van der Waals surface area contributed by atoms with Crippen LogP contribution in [0.5, 0.6) is 5.75 Å². The number of carbonyl (C=O) groups is 1. The summed E-state index contributed by atoms with van der Waals surface area (Å²) in [6.07, 6.45) is 3.90. The molecule has 4 rings (SSSR count). The molecule has 5 nitrogen and oxygen atoms in total. The van der Waals surface area contributed by atoms with E-state index in [9.17, 15) is 4.79 Å². The summed E-state index contributed by atoms with van der Waals surface area (Å²) in [6.45, 7) is 2.03. The van der Waals surface area contributed by atoms with Gasteiger partial charge in [0.1, 0.15) is 18.2 Å². The van der Waals surface area contributed by atoms with Crippen molar-refractivity contribution in [1.29, 1.82) is 0 Å². The predicted octanol–water partition coefficient (Wildman–Crippen LogP) is 6.02. The number of hydrogen-bond acceptors (Lipinski definition) is 3. The molecule has 0 radical (unpaired) electrons. The van der Waals surface area contributed by atoms with Gasteiger partial charge in [-0.05, 0) is 61.4 Å². The van der Waals surface area contributed by atoms with E-state index in [2.05, 4.69) is 44.0 Å². The highest BCUT2D eigenvalue weighted by Gasteiger charge is 2.10. The molecule has 6 heteroatoms. The van der Waals surface area contributed by atoms with Crippen LogP contribution in [0.2, 0.25) is 0 Å². The minimum Gasteiger partial charge on any atom is -0.492 e. The van der Waals surface area contributed by atoms with Gasteiger partial charge in [-0.25, -0.2) is 4.98 Å². The van der Waals surface area contributed by atoms with E-state index in [4.69, 9.17) is 9.72 Å². The van der Waals surface area contributed by atoms with E-state index < -0.39 is 0 Å². The molecular formula is C27H28BrN3O2. The summed E-state index contributed by atoms with van der Waals surface area (Å²) in [5.41, 5.74) is 2.85. The number of aromatic nitrogens is 2. The summed E-state index contributed by atoms with van der Waals surface area (Å²) in [5.74, 6) is 1.95. The molecule has 0 unspecified atom stereocenters. The molecule has 33 heavy (non-hydrogen) atoms. The van der Waals surface area contributed by atoms with Gasteiger partial charge in [-0.2, -0.15) is 0 Å². The highest BCUT2D eigenvalue weighted by molar-refractivity contribution is 9.10. The second-order valence-corrected chi connectivity index (χ2v) is 8.82. The van der Waals surface area contributed by atoms with Gasteiger partial charge >= 0.3 is 0 Å². The van der Waals surface area contributed by atoms with Gasteiger partial charge in [-0.15, -0.1) is 0 Å². The van der Waals surface area contributed by atoms with Crippen molar-refractivity contribution in [3.63, 3.8) is 0 Å². The monoisotopic (exact) mass is 505 g/mol. The zero-order chi connectivity index (χ0) is 22.9. The van der Waals surface area contributed by atoms with Crippen LogP contribution in [-0.4, -0.2) is 28.6 Å². The third kappa shape index (κ3) is 6.45. The van der Waals surface area contributed by atoms with Crippen molar-refractivity contribution in [2.24, 2.45) is 0 Å². The van der Waals surface area contributed by atoms with Crippen LogP contribution < -0.4 is 10.1 Å². The van der Waals surface area contributed by atoms with Crippen LogP contribution in [0.4, 0.5) is 0 Å². The third-order valence-corrected chi connectivity index (χ3v) is 6.06. The maximum absolute atomic E-state index is 12.2. The normalized spacial score (nSPS) is 10.9. The number of benzene rings is 3. The average molecular weight is 506 g/mol. The van der Waals surface area contributed by atoms with Gasteiger partial charge in [0.15, 0.2) is 0 Å². The average Bonchev–Trinajstić information content (AvgIpc) is 3.19. The van der Waals surface area contributed by atoms with Crippen molar-refractivity contribution >= 4 is 32.9 Å². The molecule has 0 aliphatic rings. The number of para-hydroxylation sites is 3. The van der Waals surface area contributed by atoms with E-state index in [1.54, 1.807) is 0 Å². The van der Waals surface area contributed by atoms with Crippen molar-refractivity contribution in [3.8, 4) is 5.75 Å². The summed E-state index contributed by atoms with van der Waals surface area (Å²) in [6, 6.07) is 25.6. The van der Waals surface area contributed by atoms with E-state index in [0.29, 0.717) is 18.7 Å². The van der Waals surface area contributed by atoms with E-state index in [0.717, 1.165) is 59.3 Å². The van der Waals surface area contributed by atoms with Gasteiger partial charge in [0, 0.05) is 23.0 Å². The lowest BCUT2D eigenvalue weighted by atomic mass is 10.1. The molecule has 1 N–H and O–H groups in total. The van der Waals surface area contributed by atoms with Crippen molar-refractivity contribution in [1.82, 2.24) is 14.9 Å². The largest absolute Gasteiger partial charge is 0.492 e. The molecule has 0 atom stereocenters. The number of amides is 1. The lowest BCUT2D eigenvalue weighted by Crippen LogP contribution is -2.24. The molecule has 0 fully saturated rings. The number of aryl methyl sites for hydroxylation is 1. The highest BCUT2D eigenvalue weighted by atomic mass is 79.9. The first-order valence-corrected chi connectivity index (χ1v) is 12.2. The zero-order valence-electron chi connectivity index (χ0n) is 18.5. The minimum atomic E-state index is -0.0253. The van der Waals surface area contributed by atoms with Crippen molar-refractivity contribution in [2.75, 3.05) is 13.2 Å². The molecule has 170 valence electrons.